The van der Waals surface area contributed by atoms with Crippen LogP contribution in [-0.4, -0.2) is 49.6 Å². The zero-order valence-electron chi connectivity index (χ0n) is 11.9. The van der Waals surface area contributed by atoms with Crippen LogP contribution in [-0.2, 0) is 9.53 Å². The number of amides is 1. The molecule has 1 aromatic heterocycles. The minimum absolute atomic E-state index is 0.0412. The van der Waals surface area contributed by atoms with Crippen molar-refractivity contribution in [3.8, 4) is 0 Å². The molecule has 0 aliphatic heterocycles. The monoisotopic (exact) mass is 265 g/mol. The second-order valence-electron chi connectivity index (χ2n) is 4.57. The van der Waals surface area contributed by atoms with E-state index in [1.807, 2.05) is 24.1 Å². The number of hydrogen-bond donors (Lipinski definition) is 1. The van der Waals surface area contributed by atoms with E-state index in [2.05, 4.69) is 17.2 Å². The van der Waals surface area contributed by atoms with Crippen LogP contribution in [0.2, 0.25) is 0 Å². The first kappa shape index (κ1) is 15.6. The number of pyridine rings is 1. The van der Waals surface area contributed by atoms with Gasteiger partial charge in [-0.05, 0) is 38.1 Å². The Labute approximate surface area is 115 Å². The Balaban J connectivity index is 2.33. The molecule has 0 saturated heterocycles. The molecule has 0 spiro atoms. The van der Waals surface area contributed by atoms with Crippen molar-refractivity contribution in [2.24, 2.45) is 0 Å². The van der Waals surface area contributed by atoms with Crippen LogP contribution in [0.15, 0.2) is 24.5 Å². The molecule has 0 bridgehead atoms. The number of carbonyl (C=O) groups excluding carboxylic acids is 1. The molecule has 0 unspecified atom stereocenters. The number of likely N-dealkylation sites (N-methyl/N-ethyl adjacent to an activating group) is 1. The van der Waals surface area contributed by atoms with Gasteiger partial charge in [0.2, 0.25) is 5.91 Å². The van der Waals surface area contributed by atoms with Gasteiger partial charge < -0.3 is 10.1 Å². The summed E-state index contributed by atoms with van der Waals surface area (Å²) in [6.07, 6.45) is 4.38. The average molecular weight is 265 g/mol. The zero-order valence-corrected chi connectivity index (χ0v) is 11.9. The van der Waals surface area contributed by atoms with E-state index >= 15 is 0 Å². The molecule has 0 aliphatic rings. The molecule has 1 amide bonds. The van der Waals surface area contributed by atoms with E-state index in [1.165, 1.54) is 0 Å². The highest BCUT2D eigenvalue weighted by Crippen LogP contribution is 2.16. The van der Waals surface area contributed by atoms with E-state index in [0.717, 1.165) is 12.0 Å². The summed E-state index contributed by atoms with van der Waals surface area (Å²) in [5.41, 5.74) is 1.16. The Morgan fingerprint density at radius 3 is 2.79 bits per heavy atom. The normalized spacial score (nSPS) is 12.4. The Kier molecular flexibility index (Phi) is 7.07. The van der Waals surface area contributed by atoms with Gasteiger partial charge in [0.05, 0.1) is 6.54 Å². The summed E-state index contributed by atoms with van der Waals surface area (Å²) in [6.45, 7) is 3.79. The Bertz CT molecular complexity index is 370. The van der Waals surface area contributed by atoms with Gasteiger partial charge in [-0.25, -0.2) is 0 Å². The van der Waals surface area contributed by atoms with Crippen molar-refractivity contribution >= 4 is 5.91 Å². The molecular formula is C14H23N3O2. The Morgan fingerprint density at radius 2 is 2.16 bits per heavy atom. The molecule has 0 aliphatic carbocycles. The summed E-state index contributed by atoms with van der Waals surface area (Å²) < 4.78 is 4.93. The van der Waals surface area contributed by atoms with Crippen LogP contribution in [0, 0.1) is 0 Å². The highest BCUT2D eigenvalue weighted by molar-refractivity contribution is 5.77. The lowest BCUT2D eigenvalue weighted by Gasteiger charge is -2.24. The van der Waals surface area contributed by atoms with Crippen LogP contribution >= 0.6 is 0 Å². The van der Waals surface area contributed by atoms with Gasteiger partial charge in [-0.2, -0.15) is 0 Å². The van der Waals surface area contributed by atoms with E-state index in [1.54, 1.807) is 19.5 Å². The Morgan fingerprint density at radius 1 is 1.47 bits per heavy atom. The highest BCUT2D eigenvalue weighted by atomic mass is 16.5. The lowest BCUT2D eigenvalue weighted by atomic mass is 10.1. The molecule has 1 N–H and O–H groups in total. The van der Waals surface area contributed by atoms with Gasteiger partial charge in [-0.3, -0.25) is 14.7 Å². The standard InChI is InChI=1S/C14H23N3O2/c1-12(13-5-8-15-9-6-13)17(2)11-14(18)16-7-4-10-19-3/h5-6,8-9,12H,4,7,10-11H2,1-3H3,(H,16,18)/t12-/m1/s1. The first-order valence-electron chi connectivity index (χ1n) is 6.51. The SMILES string of the molecule is COCCCNC(=O)CN(C)[C@H](C)c1ccncc1. The molecule has 1 aromatic rings. The summed E-state index contributed by atoms with van der Waals surface area (Å²) in [6, 6.07) is 4.13. The maximum Gasteiger partial charge on any atom is 0.234 e. The number of hydrogen-bond acceptors (Lipinski definition) is 4. The van der Waals surface area contributed by atoms with E-state index in [-0.39, 0.29) is 11.9 Å². The number of nitrogens with zero attached hydrogens (tertiary/aromatic N) is 2. The third-order valence-electron chi connectivity index (χ3n) is 3.09. The molecule has 0 saturated carbocycles. The van der Waals surface area contributed by atoms with Crippen LogP contribution in [0.5, 0.6) is 0 Å². The quantitative estimate of drug-likeness (QED) is 0.718. The molecule has 19 heavy (non-hydrogen) atoms. The van der Waals surface area contributed by atoms with E-state index in [4.69, 9.17) is 4.74 Å². The van der Waals surface area contributed by atoms with Crippen LogP contribution < -0.4 is 5.32 Å². The lowest BCUT2D eigenvalue weighted by Crippen LogP contribution is -2.37. The summed E-state index contributed by atoms with van der Waals surface area (Å²) in [5, 5.41) is 2.88. The molecular weight excluding hydrogens is 242 g/mol. The fraction of sp³-hybridized carbons (Fsp3) is 0.571. The van der Waals surface area contributed by atoms with Crippen molar-refractivity contribution in [3.63, 3.8) is 0 Å². The third kappa shape index (κ3) is 5.81. The summed E-state index contributed by atoms with van der Waals surface area (Å²) in [7, 11) is 3.60. The van der Waals surface area contributed by atoms with Crippen LogP contribution in [0.1, 0.15) is 24.9 Å². The predicted molar refractivity (Wildman–Crippen MR) is 74.8 cm³/mol. The maximum absolute atomic E-state index is 11.7. The van der Waals surface area contributed by atoms with E-state index < -0.39 is 0 Å². The average Bonchev–Trinajstić information content (AvgIpc) is 2.43. The molecule has 5 heteroatoms. The van der Waals surface area contributed by atoms with Crippen molar-refractivity contribution in [2.45, 2.75) is 19.4 Å². The van der Waals surface area contributed by atoms with Gasteiger partial charge in [-0.1, -0.05) is 0 Å². The summed E-state index contributed by atoms with van der Waals surface area (Å²) >= 11 is 0. The summed E-state index contributed by atoms with van der Waals surface area (Å²) in [4.78, 5) is 17.8. The van der Waals surface area contributed by atoms with Crippen LogP contribution in [0.25, 0.3) is 0 Å². The minimum Gasteiger partial charge on any atom is -0.385 e. The number of methoxy groups -OCH3 is 1. The number of carbonyl (C=O) groups is 1. The van der Waals surface area contributed by atoms with Gasteiger partial charge >= 0.3 is 0 Å². The fourth-order valence-electron chi connectivity index (χ4n) is 1.76. The number of nitrogens with one attached hydrogen (secondary N) is 1. The van der Waals surface area contributed by atoms with Crippen molar-refractivity contribution in [3.05, 3.63) is 30.1 Å². The van der Waals surface area contributed by atoms with E-state index in [0.29, 0.717) is 19.7 Å². The molecule has 5 nitrogen and oxygen atoms in total. The second-order valence-corrected chi connectivity index (χ2v) is 4.57. The molecule has 0 fully saturated rings. The first-order valence-corrected chi connectivity index (χ1v) is 6.51. The van der Waals surface area contributed by atoms with E-state index in [9.17, 15) is 4.79 Å². The Hall–Kier alpha value is -1.46. The molecule has 1 heterocycles. The largest absolute Gasteiger partial charge is 0.385 e. The van der Waals surface area contributed by atoms with Crippen molar-refractivity contribution in [1.82, 2.24) is 15.2 Å². The first-order chi connectivity index (χ1) is 9.15. The molecule has 1 rings (SSSR count). The number of rotatable bonds is 8. The van der Waals surface area contributed by atoms with Gasteiger partial charge in [0, 0.05) is 38.7 Å². The maximum atomic E-state index is 11.7. The number of aromatic nitrogens is 1. The zero-order chi connectivity index (χ0) is 14.1. The van der Waals surface area contributed by atoms with Crippen molar-refractivity contribution in [1.29, 1.82) is 0 Å². The van der Waals surface area contributed by atoms with Gasteiger partial charge in [0.15, 0.2) is 0 Å². The third-order valence-corrected chi connectivity index (χ3v) is 3.09. The molecule has 0 radical (unpaired) electrons. The highest BCUT2D eigenvalue weighted by Gasteiger charge is 2.14. The van der Waals surface area contributed by atoms with Gasteiger partial charge in [0.25, 0.3) is 0 Å². The lowest BCUT2D eigenvalue weighted by molar-refractivity contribution is -0.122. The second kappa shape index (κ2) is 8.61. The fourth-order valence-corrected chi connectivity index (χ4v) is 1.76. The van der Waals surface area contributed by atoms with Crippen LogP contribution in [0.3, 0.4) is 0 Å². The predicted octanol–water partition coefficient (Wildman–Crippen LogP) is 1.23. The van der Waals surface area contributed by atoms with Crippen molar-refractivity contribution in [2.75, 3.05) is 33.9 Å². The topological polar surface area (TPSA) is 54.5 Å². The van der Waals surface area contributed by atoms with Gasteiger partial charge in [-0.15, -0.1) is 0 Å². The number of ether oxygens (including phenoxy) is 1. The molecule has 106 valence electrons. The van der Waals surface area contributed by atoms with Crippen molar-refractivity contribution < 1.29 is 9.53 Å². The smallest absolute Gasteiger partial charge is 0.234 e. The molecule has 0 aromatic carbocycles. The van der Waals surface area contributed by atoms with Crippen LogP contribution in [0.4, 0.5) is 0 Å². The minimum atomic E-state index is 0.0412. The van der Waals surface area contributed by atoms with Gasteiger partial charge in [0.1, 0.15) is 0 Å². The molecule has 1 atom stereocenters. The summed E-state index contributed by atoms with van der Waals surface area (Å²) in [5.74, 6) is 0.0412.